The van der Waals surface area contributed by atoms with Gasteiger partial charge in [0.25, 0.3) is 10.0 Å². The van der Waals surface area contributed by atoms with Gasteiger partial charge in [0.05, 0.1) is 5.69 Å². The zero-order chi connectivity index (χ0) is 21.2. The van der Waals surface area contributed by atoms with Gasteiger partial charge in [-0.2, -0.15) is 0 Å². The highest BCUT2D eigenvalue weighted by Gasteiger charge is 2.19. The van der Waals surface area contributed by atoms with E-state index in [1.165, 1.54) is 6.92 Å². The molecule has 2 heterocycles. The predicted octanol–water partition coefficient (Wildman–Crippen LogP) is 4.59. The van der Waals surface area contributed by atoms with Crippen LogP contribution < -0.4 is 10.0 Å². The summed E-state index contributed by atoms with van der Waals surface area (Å²) in [4.78, 5) is 12.0. The van der Waals surface area contributed by atoms with E-state index in [0.29, 0.717) is 22.8 Å². The number of amides is 1. The van der Waals surface area contributed by atoms with Crippen LogP contribution in [0.4, 0.5) is 11.4 Å². The molecule has 0 saturated heterocycles. The molecular formula is C20H21N3O4S2. The monoisotopic (exact) mass is 431 g/mol. The molecule has 0 aliphatic rings. The van der Waals surface area contributed by atoms with Crippen molar-refractivity contribution in [2.75, 3.05) is 10.0 Å². The van der Waals surface area contributed by atoms with Crippen molar-refractivity contribution in [3.05, 3.63) is 57.8 Å². The summed E-state index contributed by atoms with van der Waals surface area (Å²) in [5.74, 6) is 0.164. The van der Waals surface area contributed by atoms with Crippen LogP contribution in [0.1, 0.15) is 34.4 Å². The van der Waals surface area contributed by atoms with Crippen molar-refractivity contribution >= 4 is 50.8 Å². The van der Waals surface area contributed by atoms with Gasteiger partial charge in [-0.25, -0.2) is 8.42 Å². The Morgan fingerprint density at radius 2 is 1.76 bits per heavy atom. The molecule has 0 aliphatic heterocycles. The van der Waals surface area contributed by atoms with E-state index in [1.54, 1.807) is 31.2 Å². The minimum Gasteiger partial charge on any atom is -0.354 e. The minimum absolute atomic E-state index is 0.204. The van der Waals surface area contributed by atoms with Crippen LogP contribution in [0.5, 0.6) is 0 Å². The molecule has 9 heteroatoms. The van der Waals surface area contributed by atoms with Crippen LogP contribution in [-0.2, 0) is 14.8 Å². The van der Waals surface area contributed by atoms with E-state index < -0.39 is 10.0 Å². The number of thiophene rings is 1. The van der Waals surface area contributed by atoms with Crippen LogP contribution in [-0.4, -0.2) is 19.5 Å². The van der Waals surface area contributed by atoms with Gasteiger partial charge in [0.2, 0.25) is 5.91 Å². The van der Waals surface area contributed by atoms with Crippen LogP contribution >= 0.6 is 11.3 Å². The van der Waals surface area contributed by atoms with Gasteiger partial charge >= 0.3 is 0 Å². The third-order valence-electron chi connectivity index (χ3n) is 4.17. The van der Waals surface area contributed by atoms with Crippen molar-refractivity contribution in [1.82, 2.24) is 5.16 Å². The van der Waals surface area contributed by atoms with Crippen molar-refractivity contribution in [2.45, 2.75) is 31.9 Å². The van der Waals surface area contributed by atoms with E-state index in [2.05, 4.69) is 15.2 Å². The fourth-order valence-corrected chi connectivity index (χ4v) is 5.15. The largest absolute Gasteiger partial charge is 0.354 e. The number of nitrogens with zero attached hydrogens (tertiary/aromatic N) is 1. The lowest BCUT2D eigenvalue weighted by Gasteiger charge is -2.11. The molecule has 0 fully saturated rings. The summed E-state index contributed by atoms with van der Waals surface area (Å²) in [5.41, 5.74) is 3.37. The molecule has 0 bridgehead atoms. The Morgan fingerprint density at radius 3 is 2.41 bits per heavy atom. The van der Waals surface area contributed by atoms with Crippen molar-refractivity contribution in [1.29, 1.82) is 0 Å². The Bertz CT molecular complexity index is 1170. The number of nitrogens with one attached hydrogen (secondary N) is 2. The van der Waals surface area contributed by atoms with Gasteiger partial charge in [-0.15, -0.1) is 11.3 Å². The summed E-state index contributed by atoms with van der Waals surface area (Å²) in [6, 6.07) is 8.87. The lowest BCUT2D eigenvalue weighted by atomic mass is 10.1. The molecule has 29 heavy (non-hydrogen) atoms. The summed E-state index contributed by atoms with van der Waals surface area (Å²) in [5, 5.41) is 6.52. The van der Waals surface area contributed by atoms with Crippen molar-refractivity contribution in [3.63, 3.8) is 0 Å². The third-order valence-corrected chi connectivity index (χ3v) is 7.07. The van der Waals surface area contributed by atoms with E-state index in [1.807, 2.05) is 32.0 Å². The van der Waals surface area contributed by atoms with Crippen LogP contribution in [0.2, 0.25) is 0 Å². The molecule has 2 N–H and O–H groups in total. The highest BCUT2D eigenvalue weighted by molar-refractivity contribution is 7.94. The standard InChI is InChI=1S/C20H21N3O4S2/c1-12-6-5-7-13(2)19(12)23-29(25,26)18-11-9-16(28-18)8-10-17-20(21-15(4)24)14(3)22-27-17/h5-11,23H,1-4H3,(H,21,24). The number of aromatic nitrogens is 1. The number of benzene rings is 1. The second-order valence-electron chi connectivity index (χ2n) is 6.55. The molecule has 0 radical (unpaired) electrons. The summed E-state index contributed by atoms with van der Waals surface area (Å²) in [6.07, 6.45) is 3.36. The number of hydrogen-bond donors (Lipinski definition) is 2. The van der Waals surface area contributed by atoms with Crippen molar-refractivity contribution in [3.8, 4) is 0 Å². The van der Waals surface area contributed by atoms with Gasteiger partial charge < -0.3 is 9.84 Å². The van der Waals surface area contributed by atoms with E-state index in [-0.39, 0.29) is 10.1 Å². The quantitative estimate of drug-likeness (QED) is 0.594. The highest BCUT2D eigenvalue weighted by atomic mass is 32.2. The average molecular weight is 432 g/mol. The molecule has 0 atom stereocenters. The van der Waals surface area contributed by atoms with Crippen molar-refractivity contribution < 1.29 is 17.7 Å². The first-order chi connectivity index (χ1) is 13.7. The number of rotatable bonds is 6. The fraction of sp³-hybridized carbons (Fsp3) is 0.200. The Labute approximate surface area is 173 Å². The summed E-state index contributed by atoms with van der Waals surface area (Å²) in [6.45, 7) is 6.85. The summed E-state index contributed by atoms with van der Waals surface area (Å²) in [7, 11) is -3.70. The fourth-order valence-electron chi connectivity index (χ4n) is 2.72. The number of hydrogen-bond acceptors (Lipinski definition) is 6. The molecular weight excluding hydrogens is 410 g/mol. The van der Waals surface area contributed by atoms with Gasteiger partial charge in [0, 0.05) is 11.8 Å². The maximum atomic E-state index is 12.8. The van der Waals surface area contributed by atoms with Crippen LogP contribution in [0, 0.1) is 20.8 Å². The Kier molecular flexibility index (Phi) is 5.90. The highest BCUT2D eigenvalue weighted by Crippen LogP contribution is 2.29. The number of sulfonamides is 1. The zero-order valence-corrected chi connectivity index (χ0v) is 18.1. The van der Waals surface area contributed by atoms with E-state index in [9.17, 15) is 13.2 Å². The minimum atomic E-state index is -3.70. The maximum Gasteiger partial charge on any atom is 0.271 e. The molecule has 0 aliphatic carbocycles. The first-order valence-corrected chi connectivity index (χ1v) is 11.1. The lowest BCUT2D eigenvalue weighted by Crippen LogP contribution is -2.13. The van der Waals surface area contributed by atoms with Crippen LogP contribution in [0.25, 0.3) is 12.2 Å². The van der Waals surface area contributed by atoms with Crippen molar-refractivity contribution in [2.24, 2.45) is 0 Å². The van der Waals surface area contributed by atoms with Crippen LogP contribution in [0.3, 0.4) is 0 Å². The molecule has 152 valence electrons. The SMILES string of the molecule is CC(=O)Nc1c(C)noc1C=Cc1ccc(S(=O)(=O)Nc2c(C)cccc2C)s1. The normalized spacial score (nSPS) is 11.7. The molecule has 3 aromatic rings. The zero-order valence-electron chi connectivity index (χ0n) is 16.4. The van der Waals surface area contributed by atoms with E-state index >= 15 is 0 Å². The number of carbonyl (C=O) groups is 1. The summed E-state index contributed by atoms with van der Waals surface area (Å²) >= 11 is 1.13. The molecule has 1 amide bonds. The van der Waals surface area contributed by atoms with E-state index in [0.717, 1.165) is 27.3 Å². The van der Waals surface area contributed by atoms with Gasteiger partial charge in [0.1, 0.15) is 15.6 Å². The molecule has 0 unspecified atom stereocenters. The van der Waals surface area contributed by atoms with Gasteiger partial charge in [-0.3, -0.25) is 9.52 Å². The second-order valence-corrected chi connectivity index (χ2v) is 9.58. The maximum absolute atomic E-state index is 12.8. The van der Waals surface area contributed by atoms with Crippen LogP contribution in [0.15, 0.2) is 39.1 Å². The topological polar surface area (TPSA) is 101 Å². The smallest absolute Gasteiger partial charge is 0.271 e. The first kappa shape index (κ1) is 20.8. The number of para-hydroxylation sites is 1. The molecule has 7 nitrogen and oxygen atoms in total. The first-order valence-electron chi connectivity index (χ1n) is 8.78. The second kappa shape index (κ2) is 8.22. The Morgan fingerprint density at radius 1 is 1.07 bits per heavy atom. The molecule has 0 spiro atoms. The van der Waals surface area contributed by atoms with Gasteiger partial charge in [-0.1, -0.05) is 23.4 Å². The number of carbonyl (C=O) groups excluding carboxylic acids is 1. The average Bonchev–Trinajstić information content (AvgIpc) is 3.25. The van der Waals surface area contributed by atoms with Gasteiger partial charge in [0.15, 0.2) is 5.76 Å². The number of anilines is 2. The third kappa shape index (κ3) is 4.75. The van der Waals surface area contributed by atoms with Gasteiger partial charge in [-0.05, 0) is 56.2 Å². The number of aryl methyl sites for hydroxylation is 3. The Hall–Kier alpha value is -2.91. The molecule has 3 rings (SSSR count). The summed E-state index contributed by atoms with van der Waals surface area (Å²) < 4.78 is 33.6. The molecule has 1 aromatic carbocycles. The van der Waals surface area contributed by atoms with E-state index in [4.69, 9.17) is 4.52 Å². The molecule has 2 aromatic heterocycles. The lowest BCUT2D eigenvalue weighted by molar-refractivity contribution is -0.114. The Balaban J connectivity index is 1.82. The molecule has 0 saturated carbocycles. The predicted molar refractivity (Wildman–Crippen MR) is 116 cm³/mol.